The summed E-state index contributed by atoms with van der Waals surface area (Å²) in [7, 11) is 1.56. The SMILES string of the molecule is COc1ccc2c(c1)OC(c1ccc(F)cc1F)C[C@@H]2N. The summed E-state index contributed by atoms with van der Waals surface area (Å²) in [6.45, 7) is 0. The van der Waals surface area contributed by atoms with Crippen LogP contribution in [0.15, 0.2) is 36.4 Å². The Hall–Kier alpha value is -2.14. The zero-order valence-electron chi connectivity index (χ0n) is 11.5. The van der Waals surface area contributed by atoms with Crippen LogP contribution < -0.4 is 15.2 Å². The normalized spacial score (nSPS) is 20.6. The number of hydrogen-bond donors (Lipinski definition) is 1. The van der Waals surface area contributed by atoms with Gasteiger partial charge in [-0.1, -0.05) is 6.07 Å². The number of methoxy groups -OCH3 is 1. The monoisotopic (exact) mass is 291 g/mol. The molecule has 3 rings (SSSR count). The minimum Gasteiger partial charge on any atom is -0.497 e. The van der Waals surface area contributed by atoms with E-state index in [2.05, 4.69) is 0 Å². The topological polar surface area (TPSA) is 44.5 Å². The van der Waals surface area contributed by atoms with Crippen LogP contribution in [0.25, 0.3) is 0 Å². The zero-order valence-corrected chi connectivity index (χ0v) is 11.5. The maximum absolute atomic E-state index is 13.9. The highest BCUT2D eigenvalue weighted by Gasteiger charge is 2.29. The zero-order chi connectivity index (χ0) is 15.0. The van der Waals surface area contributed by atoms with Crippen LogP contribution in [0.2, 0.25) is 0 Å². The quantitative estimate of drug-likeness (QED) is 0.921. The molecule has 3 nitrogen and oxygen atoms in total. The van der Waals surface area contributed by atoms with E-state index in [1.165, 1.54) is 12.1 Å². The molecule has 0 bridgehead atoms. The molecule has 2 N–H and O–H groups in total. The third-order valence-corrected chi connectivity index (χ3v) is 3.67. The van der Waals surface area contributed by atoms with Crippen LogP contribution in [-0.4, -0.2) is 7.11 Å². The van der Waals surface area contributed by atoms with E-state index in [1.54, 1.807) is 19.2 Å². The van der Waals surface area contributed by atoms with Crippen LogP contribution >= 0.6 is 0 Å². The molecule has 0 fully saturated rings. The van der Waals surface area contributed by atoms with Crippen molar-refractivity contribution in [3.05, 3.63) is 59.2 Å². The maximum Gasteiger partial charge on any atom is 0.133 e. The number of nitrogens with two attached hydrogens (primary N) is 1. The first kappa shape index (κ1) is 13.8. The van der Waals surface area contributed by atoms with Gasteiger partial charge in [-0.15, -0.1) is 0 Å². The molecule has 2 aromatic carbocycles. The molecular weight excluding hydrogens is 276 g/mol. The van der Waals surface area contributed by atoms with Gasteiger partial charge in [-0.2, -0.15) is 0 Å². The first-order chi connectivity index (χ1) is 10.1. The van der Waals surface area contributed by atoms with Gasteiger partial charge in [0.25, 0.3) is 0 Å². The Balaban J connectivity index is 1.96. The van der Waals surface area contributed by atoms with Crippen molar-refractivity contribution in [3.63, 3.8) is 0 Å². The van der Waals surface area contributed by atoms with Gasteiger partial charge in [-0.25, -0.2) is 8.78 Å². The summed E-state index contributed by atoms with van der Waals surface area (Å²) in [4.78, 5) is 0. The van der Waals surface area contributed by atoms with Gasteiger partial charge in [0.15, 0.2) is 0 Å². The molecule has 0 aliphatic carbocycles. The van der Waals surface area contributed by atoms with E-state index in [9.17, 15) is 8.78 Å². The fourth-order valence-corrected chi connectivity index (χ4v) is 2.56. The average Bonchev–Trinajstić information content (AvgIpc) is 2.46. The van der Waals surface area contributed by atoms with Gasteiger partial charge in [-0.3, -0.25) is 0 Å². The third kappa shape index (κ3) is 2.56. The highest BCUT2D eigenvalue weighted by molar-refractivity contribution is 5.44. The highest BCUT2D eigenvalue weighted by atomic mass is 19.1. The van der Waals surface area contributed by atoms with Crippen LogP contribution in [-0.2, 0) is 0 Å². The van der Waals surface area contributed by atoms with Crippen LogP contribution in [0.5, 0.6) is 11.5 Å². The molecule has 0 saturated carbocycles. The van der Waals surface area contributed by atoms with Crippen molar-refractivity contribution >= 4 is 0 Å². The highest BCUT2D eigenvalue weighted by Crippen LogP contribution is 2.41. The van der Waals surface area contributed by atoms with Crippen molar-refractivity contribution in [3.8, 4) is 11.5 Å². The Kier molecular flexibility index (Phi) is 3.51. The molecule has 21 heavy (non-hydrogen) atoms. The molecule has 0 spiro atoms. The van der Waals surface area contributed by atoms with Gasteiger partial charge >= 0.3 is 0 Å². The van der Waals surface area contributed by atoms with Gasteiger partial charge in [0.05, 0.1) is 7.11 Å². The number of halogens is 2. The van der Waals surface area contributed by atoms with Crippen molar-refractivity contribution in [1.29, 1.82) is 0 Å². The molecule has 1 aliphatic heterocycles. The molecule has 0 saturated heterocycles. The van der Waals surface area contributed by atoms with Crippen molar-refractivity contribution in [2.24, 2.45) is 5.73 Å². The molecule has 5 heteroatoms. The average molecular weight is 291 g/mol. The number of benzene rings is 2. The largest absolute Gasteiger partial charge is 0.497 e. The summed E-state index contributed by atoms with van der Waals surface area (Å²) in [6, 6.07) is 8.57. The Morgan fingerprint density at radius 3 is 2.62 bits per heavy atom. The Labute approximate surface area is 121 Å². The molecule has 1 unspecified atom stereocenters. The second kappa shape index (κ2) is 5.33. The summed E-state index contributed by atoms with van der Waals surface area (Å²) < 4.78 is 37.9. The van der Waals surface area contributed by atoms with Gasteiger partial charge in [0, 0.05) is 35.7 Å². The fraction of sp³-hybridized carbons (Fsp3) is 0.250. The first-order valence-electron chi connectivity index (χ1n) is 6.63. The van der Waals surface area contributed by atoms with E-state index in [0.717, 1.165) is 11.6 Å². The Bertz CT molecular complexity index is 675. The summed E-state index contributed by atoms with van der Waals surface area (Å²) in [5.74, 6) is -0.0278. The number of fused-ring (bicyclic) bond motifs is 1. The van der Waals surface area contributed by atoms with Gasteiger partial charge in [0.2, 0.25) is 0 Å². The molecule has 0 amide bonds. The van der Waals surface area contributed by atoms with Gasteiger partial charge in [0.1, 0.15) is 29.2 Å². The maximum atomic E-state index is 13.9. The molecule has 110 valence electrons. The lowest BCUT2D eigenvalue weighted by Gasteiger charge is -2.31. The molecular formula is C16H15F2NO2. The Morgan fingerprint density at radius 2 is 1.90 bits per heavy atom. The van der Waals surface area contributed by atoms with E-state index in [4.69, 9.17) is 15.2 Å². The van der Waals surface area contributed by atoms with Crippen LogP contribution in [0.1, 0.15) is 29.7 Å². The standard InChI is InChI=1S/C16H15F2NO2/c1-20-10-3-5-12-14(19)8-16(21-15(12)7-10)11-4-2-9(17)6-13(11)18/h2-7,14,16H,8,19H2,1H3/t14-,16?/m0/s1. The summed E-state index contributed by atoms with van der Waals surface area (Å²) in [5.41, 5.74) is 7.29. The van der Waals surface area contributed by atoms with E-state index >= 15 is 0 Å². The molecule has 0 radical (unpaired) electrons. The molecule has 1 heterocycles. The third-order valence-electron chi connectivity index (χ3n) is 3.67. The summed E-state index contributed by atoms with van der Waals surface area (Å²) in [5, 5.41) is 0. The first-order valence-corrected chi connectivity index (χ1v) is 6.63. The second-order valence-electron chi connectivity index (χ2n) is 5.02. The Morgan fingerprint density at radius 1 is 1.14 bits per heavy atom. The number of hydrogen-bond acceptors (Lipinski definition) is 3. The van der Waals surface area contributed by atoms with E-state index in [1.807, 2.05) is 6.07 Å². The minimum atomic E-state index is -0.626. The molecule has 2 aromatic rings. The van der Waals surface area contributed by atoms with Crippen LogP contribution in [0.4, 0.5) is 8.78 Å². The molecule has 1 aliphatic rings. The van der Waals surface area contributed by atoms with E-state index in [0.29, 0.717) is 23.5 Å². The predicted octanol–water partition coefficient (Wildman–Crippen LogP) is 3.50. The number of ether oxygens (including phenoxy) is 2. The predicted molar refractivity (Wildman–Crippen MR) is 74.3 cm³/mol. The smallest absolute Gasteiger partial charge is 0.133 e. The van der Waals surface area contributed by atoms with Crippen LogP contribution in [0.3, 0.4) is 0 Å². The number of rotatable bonds is 2. The second-order valence-corrected chi connectivity index (χ2v) is 5.02. The van der Waals surface area contributed by atoms with E-state index < -0.39 is 17.7 Å². The lowest BCUT2D eigenvalue weighted by molar-refractivity contribution is 0.156. The fourth-order valence-electron chi connectivity index (χ4n) is 2.56. The van der Waals surface area contributed by atoms with Gasteiger partial charge < -0.3 is 15.2 Å². The minimum absolute atomic E-state index is 0.269. The van der Waals surface area contributed by atoms with Gasteiger partial charge in [-0.05, 0) is 18.2 Å². The van der Waals surface area contributed by atoms with Crippen LogP contribution in [0, 0.1) is 11.6 Å². The summed E-state index contributed by atoms with van der Waals surface area (Å²) in [6.07, 6.45) is -0.109. The lowest BCUT2D eigenvalue weighted by Crippen LogP contribution is -2.24. The van der Waals surface area contributed by atoms with Crippen molar-refractivity contribution < 1.29 is 18.3 Å². The van der Waals surface area contributed by atoms with Crippen molar-refractivity contribution in [2.75, 3.05) is 7.11 Å². The lowest BCUT2D eigenvalue weighted by atomic mass is 9.93. The van der Waals surface area contributed by atoms with Crippen molar-refractivity contribution in [1.82, 2.24) is 0 Å². The van der Waals surface area contributed by atoms with E-state index in [-0.39, 0.29) is 6.04 Å². The summed E-state index contributed by atoms with van der Waals surface area (Å²) >= 11 is 0. The molecule has 0 aromatic heterocycles. The van der Waals surface area contributed by atoms with Crippen molar-refractivity contribution in [2.45, 2.75) is 18.6 Å². The molecule has 2 atom stereocenters.